The molecule has 0 radical (unpaired) electrons. The summed E-state index contributed by atoms with van der Waals surface area (Å²) < 4.78 is 0. The van der Waals surface area contributed by atoms with Gasteiger partial charge in [-0.25, -0.2) is 0 Å². The molecule has 0 saturated carbocycles. The van der Waals surface area contributed by atoms with Gasteiger partial charge in [-0.2, -0.15) is 0 Å². The number of aryl methyl sites for hydroxylation is 1. The maximum absolute atomic E-state index is 12.7. The van der Waals surface area contributed by atoms with Gasteiger partial charge in [-0.15, -0.1) is 0 Å². The molecule has 1 fully saturated rings. The van der Waals surface area contributed by atoms with Crippen molar-refractivity contribution in [1.29, 1.82) is 0 Å². The lowest BCUT2D eigenvalue weighted by molar-refractivity contribution is -0.163. The number of amides is 1. The summed E-state index contributed by atoms with van der Waals surface area (Å²) in [5, 5.41) is 10.3. The molecule has 0 spiro atoms. The Bertz CT molecular complexity index is 1060. The predicted molar refractivity (Wildman–Crippen MR) is 177 cm³/mol. The van der Waals surface area contributed by atoms with E-state index in [0.29, 0.717) is 6.54 Å². The lowest BCUT2D eigenvalue weighted by atomic mass is 9.78. The van der Waals surface area contributed by atoms with E-state index in [2.05, 4.69) is 49.4 Å². The molecular formula is C39H59NO2. The topological polar surface area (TPSA) is 40.5 Å². The summed E-state index contributed by atoms with van der Waals surface area (Å²) in [7, 11) is 0. The Kier molecular flexibility index (Phi) is 13.9. The first-order valence-corrected chi connectivity index (χ1v) is 17.8. The summed E-state index contributed by atoms with van der Waals surface area (Å²) in [5.41, 5.74) is 6.42. The third-order valence-electron chi connectivity index (χ3n) is 9.88. The molecular weight excluding hydrogens is 514 g/mol. The van der Waals surface area contributed by atoms with Gasteiger partial charge in [0, 0.05) is 6.54 Å². The fourth-order valence-electron chi connectivity index (χ4n) is 7.41. The van der Waals surface area contributed by atoms with Crippen LogP contribution in [0.1, 0.15) is 159 Å². The third-order valence-corrected chi connectivity index (χ3v) is 9.88. The monoisotopic (exact) mass is 573 g/mol. The molecule has 3 atom stereocenters. The maximum atomic E-state index is 12.7. The van der Waals surface area contributed by atoms with Gasteiger partial charge < -0.3 is 10.0 Å². The average Bonchev–Trinajstić information content (AvgIpc) is 3.32. The molecule has 3 heteroatoms. The molecule has 2 heterocycles. The SMILES string of the molecule is CCCCCCCCCCCCCCCCCCCCCc1cc2c(c(-c3ccccc3)c1)[C@@H]1[C@@H]([C@@H](C)O)C(=O)N1C2. The van der Waals surface area contributed by atoms with E-state index < -0.39 is 6.10 Å². The van der Waals surface area contributed by atoms with E-state index in [1.807, 2.05) is 4.90 Å². The van der Waals surface area contributed by atoms with Crippen molar-refractivity contribution in [2.24, 2.45) is 5.92 Å². The second-order valence-electron chi connectivity index (χ2n) is 13.4. The molecule has 0 aromatic heterocycles. The van der Waals surface area contributed by atoms with Gasteiger partial charge in [-0.3, -0.25) is 4.79 Å². The standard InChI is InChI=1S/C39H59NO2/c1-3-4-5-6-7-8-9-10-11-12-13-14-15-16-17-18-19-20-22-25-32-28-34-30-40-38(36(31(2)41)39(40)42)37(34)35(29-32)33-26-23-21-24-27-33/h21,23-24,26-29,31,36,38,41H,3-20,22,25,30H2,1-2H3/t31-,36-,38+/m1/s1. The Balaban J connectivity index is 1.09. The van der Waals surface area contributed by atoms with Gasteiger partial charge in [-0.1, -0.05) is 165 Å². The quantitative estimate of drug-likeness (QED) is 0.112. The molecule has 4 rings (SSSR count). The smallest absolute Gasteiger partial charge is 0.231 e. The number of aliphatic hydroxyl groups is 1. The van der Waals surface area contributed by atoms with E-state index in [9.17, 15) is 9.90 Å². The first kappa shape index (κ1) is 32.8. The molecule has 3 nitrogen and oxygen atoms in total. The lowest BCUT2D eigenvalue weighted by Gasteiger charge is -2.44. The van der Waals surface area contributed by atoms with Crippen LogP contribution in [-0.2, 0) is 17.8 Å². The van der Waals surface area contributed by atoms with Crippen molar-refractivity contribution in [3.8, 4) is 11.1 Å². The predicted octanol–water partition coefficient (Wildman–Crippen LogP) is 10.7. The van der Waals surface area contributed by atoms with Crippen molar-refractivity contribution in [2.75, 3.05) is 0 Å². The van der Waals surface area contributed by atoms with E-state index in [-0.39, 0.29) is 17.9 Å². The van der Waals surface area contributed by atoms with E-state index in [1.54, 1.807) is 6.92 Å². The van der Waals surface area contributed by atoms with Gasteiger partial charge >= 0.3 is 0 Å². The first-order valence-electron chi connectivity index (χ1n) is 17.8. The molecule has 0 bridgehead atoms. The number of carbonyl (C=O) groups is 1. The van der Waals surface area contributed by atoms with Crippen molar-refractivity contribution in [2.45, 2.75) is 161 Å². The normalized spacial score (nSPS) is 18.2. The van der Waals surface area contributed by atoms with E-state index in [1.165, 1.54) is 150 Å². The van der Waals surface area contributed by atoms with Crippen LogP contribution in [0.2, 0.25) is 0 Å². The van der Waals surface area contributed by atoms with Gasteiger partial charge in [0.15, 0.2) is 0 Å². The fourth-order valence-corrected chi connectivity index (χ4v) is 7.41. The van der Waals surface area contributed by atoms with Crippen LogP contribution >= 0.6 is 0 Å². The van der Waals surface area contributed by atoms with Crippen LogP contribution in [0.3, 0.4) is 0 Å². The molecule has 1 amide bonds. The largest absolute Gasteiger partial charge is 0.392 e. The first-order chi connectivity index (χ1) is 20.6. The van der Waals surface area contributed by atoms with Crippen molar-refractivity contribution < 1.29 is 9.90 Å². The summed E-state index contributed by atoms with van der Waals surface area (Å²) in [5.74, 6) is -0.204. The molecule has 2 aromatic rings. The second-order valence-corrected chi connectivity index (χ2v) is 13.4. The van der Waals surface area contributed by atoms with Crippen LogP contribution in [0, 0.1) is 5.92 Å². The average molecular weight is 574 g/mol. The van der Waals surface area contributed by atoms with Crippen LogP contribution in [-0.4, -0.2) is 22.0 Å². The van der Waals surface area contributed by atoms with Gasteiger partial charge in [-0.05, 0) is 47.6 Å². The van der Waals surface area contributed by atoms with E-state index in [0.717, 1.165) is 6.42 Å². The fraction of sp³-hybridized carbons (Fsp3) is 0.667. The zero-order valence-corrected chi connectivity index (χ0v) is 26.9. The molecule has 1 N–H and O–H groups in total. The summed E-state index contributed by atoms with van der Waals surface area (Å²) >= 11 is 0. The number of hydrogen-bond acceptors (Lipinski definition) is 2. The number of rotatable bonds is 22. The van der Waals surface area contributed by atoms with Crippen molar-refractivity contribution in [3.63, 3.8) is 0 Å². The van der Waals surface area contributed by atoms with Gasteiger partial charge in [0.1, 0.15) is 0 Å². The van der Waals surface area contributed by atoms with E-state index in [4.69, 9.17) is 0 Å². The summed E-state index contributed by atoms with van der Waals surface area (Å²) in [6.07, 6.45) is 27.2. The highest BCUT2D eigenvalue weighted by atomic mass is 16.3. The molecule has 2 aliphatic heterocycles. The third kappa shape index (κ3) is 9.18. The Labute approximate surface area is 257 Å². The van der Waals surface area contributed by atoms with Crippen LogP contribution in [0.5, 0.6) is 0 Å². The Morgan fingerprint density at radius 3 is 1.74 bits per heavy atom. The maximum Gasteiger partial charge on any atom is 0.231 e. The number of aliphatic hydroxyl groups excluding tert-OH is 1. The van der Waals surface area contributed by atoms with Gasteiger partial charge in [0.25, 0.3) is 0 Å². The molecule has 1 saturated heterocycles. The van der Waals surface area contributed by atoms with Gasteiger partial charge in [0.2, 0.25) is 5.91 Å². The number of fused-ring (bicyclic) bond motifs is 3. The zero-order chi connectivity index (χ0) is 29.6. The Morgan fingerprint density at radius 2 is 1.24 bits per heavy atom. The molecule has 0 unspecified atom stereocenters. The molecule has 232 valence electrons. The summed E-state index contributed by atoms with van der Waals surface area (Å²) in [4.78, 5) is 14.7. The highest BCUT2D eigenvalue weighted by Gasteiger charge is 2.54. The highest BCUT2D eigenvalue weighted by Crippen LogP contribution is 2.52. The molecule has 2 aliphatic rings. The Hall–Kier alpha value is -2.13. The minimum absolute atomic E-state index is 0.0201. The number of β-lactam (4-membered cyclic amide) rings is 1. The zero-order valence-electron chi connectivity index (χ0n) is 26.9. The summed E-state index contributed by atoms with van der Waals surface area (Å²) in [6, 6.07) is 15.3. The van der Waals surface area contributed by atoms with Crippen molar-refractivity contribution in [3.05, 3.63) is 59.2 Å². The number of hydrogen-bond donors (Lipinski definition) is 1. The second kappa shape index (κ2) is 17.9. The van der Waals surface area contributed by atoms with Gasteiger partial charge in [0.05, 0.1) is 18.1 Å². The molecule has 2 aromatic carbocycles. The minimum Gasteiger partial charge on any atom is -0.392 e. The van der Waals surface area contributed by atoms with Crippen LogP contribution < -0.4 is 0 Å². The van der Waals surface area contributed by atoms with Crippen LogP contribution in [0.4, 0.5) is 0 Å². The summed E-state index contributed by atoms with van der Waals surface area (Å²) in [6.45, 7) is 4.74. The van der Waals surface area contributed by atoms with Crippen molar-refractivity contribution >= 4 is 5.91 Å². The molecule has 42 heavy (non-hydrogen) atoms. The lowest BCUT2D eigenvalue weighted by Crippen LogP contribution is -2.55. The molecule has 0 aliphatic carbocycles. The van der Waals surface area contributed by atoms with Crippen LogP contribution in [0.15, 0.2) is 42.5 Å². The van der Waals surface area contributed by atoms with E-state index >= 15 is 0 Å². The number of nitrogens with zero attached hydrogens (tertiary/aromatic N) is 1. The number of benzene rings is 2. The minimum atomic E-state index is -0.613. The number of unbranched alkanes of at least 4 members (excludes halogenated alkanes) is 18. The number of carbonyl (C=O) groups excluding carboxylic acids is 1. The van der Waals surface area contributed by atoms with Crippen LogP contribution in [0.25, 0.3) is 11.1 Å². The van der Waals surface area contributed by atoms with Crippen molar-refractivity contribution in [1.82, 2.24) is 4.90 Å². The highest BCUT2D eigenvalue weighted by molar-refractivity contribution is 5.90. The Morgan fingerprint density at radius 1 is 0.738 bits per heavy atom.